The van der Waals surface area contributed by atoms with E-state index >= 15 is 0 Å². The van der Waals surface area contributed by atoms with E-state index in [2.05, 4.69) is 154 Å². The van der Waals surface area contributed by atoms with Gasteiger partial charge in [0.25, 0.3) is 0 Å². The van der Waals surface area contributed by atoms with E-state index in [-0.39, 0.29) is 31.1 Å². The van der Waals surface area contributed by atoms with Gasteiger partial charge in [-0.2, -0.15) is 0 Å². The predicted octanol–water partition coefficient (Wildman–Crippen LogP) is 23.3. The average molecular weight is 1120 g/mol. The van der Waals surface area contributed by atoms with Crippen LogP contribution in [-0.4, -0.2) is 37.2 Å². The molecule has 0 N–H and O–H groups in total. The van der Waals surface area contributed by atoms with Crippen molar-refractivity contribution in [2.45, 2.75) is 309 Å². The number of rotatable bonds is 60. The van der Waals surface area contributed by atoms with Crippen molar-refractivity contribution < 1.29 is 28.6 Å². The molecule has 0 aromatic heterocycles. The summed E-state index contributed by atoms with van der Waals surface area (Å²) in [5.74, 6) is -0.909. The highest BCUT2D eigenvalue weighted by atomic mass is 16.6. The Hall–Kier alpha value is -4.45. The van der Waals surface area contributed by atoms with Gasteiger partial charge in [-0.1, -0.05) is 302 Å². The maximum absolute atomic E-state index is 12.9. The molecule has 0 radical (unpaired) electrons. The number of carbonyl (C=O) groups excluding carboxylic acids is 3. The molecule has 6 nitrogen and oxygen atoms in total. The van der Waals surface area contributed by atoms with Gasteiger partial charge in [0.2, 0.25) is 0 Å². The summed E-state index contributed by atoms with van der Waals surface area (Å²) in [6.07, 6.45) is 96.1. The molecule has 0 heterocycles. The van der Waals surface area contributed by atoms with Crippen LogP contribution in [0.3, 0.4) is 0 Å². The Bertz CT molecular complexity index is 1720. The molecule has 0 saturated heterocycles. The maximum Gasteiger partial charge on any atom is 0.306 e. The smallest absolute Gasteiger partial charge is 0.306 e. The van der Waals surface area contributed by atoms with Crippen molar-refractivity contribution in [2.24, 2.45) is 0 Å². The van der Waals surface area contributed by atoms with Gasteiger partial charge >= 0.3 is 17.9 Å². The van der Waals surface area contributed by atoms with Crippen LogP contribution < -0.4 is 0 Å². The Morgan fingerprint density at radius 1 is 0.259 bits per heavy atom. The third-order valence-electron chi connectivity index (χ3n) is 14.2. The lowest BCUT2D eigenvalue weighted by Crippen LogP contribution is -2.30. The number of unbranched alkanes of at least 4 members (excludes halogenated alkanes) is 27. The maximum atomic E-state index is 12.9. The fraction of sp³-hybridized carbons (Fsp3) is 0.667. The Morgan fingerprint density at radius 2 is 0.481 bits per heavy atom. The Morgan fingerprint density at radius 3 is 0.753 bits per heavy atom. The van der Waals surface area contributed by atoms with Crippen LogP contribution >= 0.6 is 0 Å². The van der Waals surface area contributed by atoms with Gasteiger partial charge in [-0.25, -0.2) is 0 Å². The third-order valence-corrected chi connectivity index (χ3v) is 14.2. The van der Waals surface area contributed by atoms with E-state index in [1.54, 1.807) is 0 Å². The summed E-state index contributed by atoms with van der Waals surface area (Å²) in [5, 5.41) is 0. The molecule has 81 heavy (non-hydrogen) atoms. The van der Waals surface area contributed by atoms with Crippen molar-refractivity contribution in [3.05, 3.63) is 134 Å². The van der Waals surface area contributed by atoms with Crippen LogP contribution in [0.2, 0.25) is 0 Å². The summed E-state index contributed by atoms with van der Waals surface area (Å²) in [5.41, 5.74) is 0. The zero-order chi connectivity index (χ0) is 58.5. The monoisotopic (exact) mass is 1120 g/mol. The molecular formula is C75H124O6. The van der Waals surface area contributed by atoms with Crippen molar-refractivity contribution in [3.8, 4) is 0 Å². The fourth-order valence-electron chi connectivity index (χ4n) is 9.18. The Balaban J connectivity index is 4.27. The molecule has 6 heteroatoms. The van der Waals surface area contributed by atoms with Crippen LogP contribution in [0, 0.1) is 0 Å². The van der Waals surface area contributed by atoms with Gasteiger partial charge in [0.15, 0.2) is 6.10 Å². The molecule has 460 valence electrons. The van der Waals surface area contributed by atoms with Crippen molar-refractivity contribution in [2.75, 3.05) is 13.2 Å². The van der Waals surface area contributed by atoms with Crippen LogP contribution in [-0.2, 0) is 28.6 Å². The minimum absolute atomic E-state index is 0.0885. The summed E-state index contributed by atoms with van der Waals surface area (Å²) in [6.45, 7) is 6.41. The highest BCUT2D eigenvalue weighted by molar-refractivity contribution is 5.71. The first-order valence-corrected chi connectivity index (χ1v) is 33.7. The topological polar surface area (TPSA) is 78.9 Å². The number of ether oxygens (including phenoxy) is 3. The molecule has 0 aliphatic carbocycles. The number of esters is 3. The number of allylic oxidation sites excluding steroid dienone is 22. The van der Waals surface area contributed by atoms with E-state index in [0.717, 1.165) is 141 Å². The number of hydrogen-bond acceptors (Lipinski definition) is 6. The average Bonchev–Trinajstić information content (AvgIpc) is 3.46. The molecule has 0 bridgehead atoms. The molecule has 0 amide bonds. The van der Waals surface area contributed by atoms with Crippen molar-refractivity contribution in [1.29, 1.82) is 0 Å². The fourth-order valence-corrected chi connectivity index (χ4v) is 9.18. The molecule has 0 aliphatic rings. The molecule has 1 atom stereocenters. The number of hydrogen-bond donors (Lipinski definition) is 0. The molecule has 1 unspecified atom stereocenters. The van der Waals surface area contributed by atoms with Gasteiger partial charge in [0, 0.05) is 19.3 Å². The lowest BCUT2D eigenvalue weighted by atomic mass is 10.0. The predicted molar refractivity (Wildman–Crippen MR) is 353 cm³/mol. The number of carbonyl (C=O) groups is 3. The van der Waals surface area contributed by atoms with Crippen LogP contribution in [0.15, 0.2) is 134 Å². The largest absolute Gasteiger partial charge is 0.462 e. The molecule has 0 aromatic rings. The first-order valence-electron chi connectivity index (χ1n) is 33.7. The van der Waals surface area contributed by atoms with E-state index in [0.29, 0.717) is 19.3 Å². The normalized spacial score (nSPS) is 13.0. The Kier molecular flexibility index (Phi) is 64.3. The van der Waals surface area contributed by atoms with Crippen LogP contribution in [0.5, 0.6) is 0 Å². The van der Waals surface area contributed by atoms with Gasteiger partial charge in [-0.3, -0.25) is 14.4 Å². The standard InChI is InChI=1S/C75H124O6/c1-4-7-10-13-16-19-22-25-27-29-30-31-32-33-34-35-36-37-38-39-40-41-42-43-44-46-47-50-53-56-59-62-65-68-74(77)80-71-72(70-79-73(76)67-64-61-58-55-52-49-24-21-18-15-12-9-6-3)81-75(78)69-66-63-60-57-54-51-48-45-28-26-23-20-17-14-11-8-5-2/h7-8,10-11,16-17,19-20,25-28,30-31,33-34,36-37,39-40,48,51,72H,4-6,9,12-15,18,21-24,29,32,35,38,41-47,49-50,52-71H2,1-3H3/b10-7-,11-8-,19-16-,20-17-,27-25-,28-26-,31-30-,34-33-,37-36-,40-39-,51-48-. The quantitative estimate of drug-likeness (QED) is 0.0261. The van der Waals surface area contributed by atoms with Crippen molar-refractivity contribution >= 4 is 17.9 Å². The van der Waals surface area contributed by atoms with Gasteiger partial charge in [-0.15, -0.1) is 0 Å². The summed E-state index contributed by atoms with van der Waals surface area (Å²) in [6, 6.07) is 0. The van der Waals surface area contributed by atoms with E-state index in [4.69, 9.17) is 14.2 Å². The lowest BCUT2D eigenvalue weighted by molar-refractivity contribution is -0.167. The first-order chi connectivity index (χ1) is 40.0. The molecule has 0 aromatic carbocycles. The van der Waals surface area contributed by atoms with E-state index in [1.807, 2.05) is 0 Å². The second kappa shape index (κ2) is 68.1. The lowest BCUT2D eigenvalue weighted by Gasteiger charge is -2.18. The molecule has 0 fully saturated rings. The summed E-state index contributed by atoms with van der Waals surface area (Å²) in [4.78, 5) is 38.3. The zero-order valence-corrected chi connectivity index (χ0v) is 52.8. The highest BCUT2D eigenvalue weighted by Crippen LogP contribution is 2.16. The molecule has 0 spiro atoms. The van der Waals surface area contributed by atoms with Gasteiger partial charge in [0.05, 0.1) is 0 Å². The molecule has 0 rings (SSSR count). The summed E-state index contributed by atoms with van der Waals surface area (Å²) < 4.78 is 16.9. The van der Waals surface area contributed by atoms with Crippen LogP contribution in [0.4, 0.5) is 0 Å². The van der Waals surface area contributed by atoms with Gasteiger partial charge < -0.3 is 14.2 Å². The zero-order valence-electron chi connectivity index (χ0n) is 52.8. The third kappa shape index (κ3) is 66.2. The van der Waals surface area contributed by atoms with Crippen LogP contribution in [0.1, 0.15) is 303 Å². The minimum atomic E-state index is -0.795. The second-order valence-electron chi connectivity index (χ2n) is 22.0. The van der Waals surface area contributed by atoms with Crippen molar-refractivity contribution in [3.63, 3.8) is 0 Å². The molecule has 0 saturated carbocycles. The van der Waals surface area contributed by atoms with E-state index < -0.39 is 6.10 Å². The molecular weight excluding hydrogens is 997 g/mol. The van der Waals surface area contributed by atoms with Gasteiger partial charge in [-0.05, 0) is 116 Å². The summed E-state index contributed by atoms with van der Waals surface area (Å²) in [7, 11) is 0. The Labute approximate surface area is 500 Å². The SMILES string of the molecule is CC/C=C\C/C=C\C/C=C\C/C=C\C/C=C\C/C=C\C/C=C\CCCCCCCCCCCCCC(=O)OCC(COC(=O)CCCCCCCCCCCCCCC)OC(=O)CCCCCC/C=C\C/C=C\C/C=C\C/C=C\CC. The van der Waals surface area contributed by atoms with E-state index in [9.17, 15) is 14.4 Å². The first kappa shape index (κ1) is 76.5. The van der Waals surface area contributed by atoms with Gasteiger partial charge in [0.1, 0.15) is 13.2 Å². The van der Waals surface area contributed by atoms with Crippen LogP contribution in [0.25, 0.3) is 0 Å². The van der Waals surface area contributed by atoms with E-state index in [1.165, 1.54) is 122 Å². The minimum Gasteiger partial charge on any atom is -0.462 e. The molecule has 0 aliphatic heterocycles. The second-order valence-corrected chi connectivity index (χ2v) is 22.0. The highest BCUT2D eigenvalue weighted by Gasteiger charge is 2.19. The van der Waals surface area contributed by atoms with Crippen molar-refractivity contribution in [1.82, 2.24) is 0 Å². The summed E-state index contributed by atoms with van der Waals surface area (Å²) >= 11 is 0.